The van der Waals surface area contributed by atoms with Gasteiger partial charge in [-0.2, -0.15) is 0 Å². The van der Waals surface area contributed by atoms with E-state index in [0.29, 0.717) is 6.04 Å². The van der Waals surface area contributed by atoms with E-state index in [9.17, 15) is 0 Å². The van der Waals surface area contributed by atoms with E-state index >= 15 is 0 Å². The third-order valence-electron chi connectivity index (χ3n) is 2.75. The van der Waals surface area contributed by atoms with Crippen molar-refractivity contribution >= 4 is 11.3 Å². The maximum Gasteiger partial charge on any atom is 0.0308 e. The molecular formula is C10H15NS. The minimum atomic E-state index is 0.318. The first kappa shape index (κ1) is 8.27. The monoisotopic (exact) mass is 181 g/mol. The van der Waals surface area contributed by atoms with Crippen molar-refractivity contribution in [2.45, 2.75) is 39.2 Å². The molecule has 0 radical (unpaired) electrons. The van der Waals surface area contributed by atoms with Gasteiger partial charge in [0.15, 0.2) is 0 Å². The highest BCUT2D eigenvalue weighted by Crippen LogP contribution is 2.37. The van der Waals surface area contributed by atoms with Crippen molar-refractivity contribution in [1.29, 1.82) is 0 Å². The second kappa shape index (κ2) is 2.86. The molecule has 0 unspecified atom stereocenters. The third-order valence-corrected chi connectivity index (χ3v) is 3.83. The second-order valence-electron chi connectivity index (χ2n) is 3.61. The van der Waals surface area contributed by atoms with Gasteiger partial charge in [0.25, 0.3) is 0 Å². The third kappa shape index (κ3) is 1.10. The van der Waals surface area contributed by atoms with E-state index in [1.807, 2.05) is 11.3 Å². The quantitative estimate of drug-likeness (QED) is 0.654. The minimum absolute atomic E-state index is 0.318. The summed E-state index contributed by atoms with van der Waals surface area (Å²) in [5.41, 5.74) is 9.08. The first-order chi connectivity index (χ1) is 5.70. The molecule has 0 bridgehead atoms. The van der Waals surface area contributed by atoms with Crippen molar-refractivity contribution in [3.05, 3.63) is 20.9 Å². The summed E-state index contributed by atoms with van der Waals surface area (Å²) in [5.74, 6) is 0. The highest BCUT2D eigenvalue weighted by Gasteiger charge is 2.22. The molecule has 0 fully saturated rings. The topological polar surface area (TPSA) is 26.0 Å². The van der Waals surface area contributed by atoms with E-state index in [-0.39, 0.29) is 0 Å². The molecule has 0 saturated heterocycles. The number of hydrogen-bond donors (Lipinski definition) is 1. The number of aryl methyl sites for hydroxylation is 2. The van der Waals surface area contributed by atoms with Crippen LogP contribution in [0.2, 0.25) is 0 Å². The molecule has 0 spiro atoms. The zero-order valence-electron chi connectivity index (χ0n) is 7.68. The predicted molar refractivity (Wildman–Crippen MR) is 53.7 cm³/mol. The predicted octanol–water partition coefficient (Wildman–Crippen LogP) is 2.70. The van der Waals surface area contributed by atoms with Crippen LogP contribution in [-0.4, -0.2) is 0 Å². The summed E-state index contributed by atoms with van der Waals surface area (Å²) in [6.07, 6.45) is 3.69. The maximum atomic E-state index is 6.07. The fraction of sp³-hybridized carbons (Fsp3) is 0.600. The number of nitrogens with two attached hydrogens (primary N) is 1. The Labute approximate surface area is 77.6 Å². The molecule has 0 aliphatic heterocycles. The van der Waals surface area contributed by atoms with Crippen LogP contribution >= 0.6 is 11.3 Å². The van der Waals surface area contributed by atoms with Gasteiger partial charge < -0.3 is 5.73 Å². The van der Waals surface area contributed by atoms with Crippen LogP contribution in [0, 0.1) is 13.8 Å². The van der Waals surface area contributed by atoms with Gasteiger partial charge in [0.05, 0.1) is 0 Å². The van der Waals surface area contributed by atoms with Crippen molar-refractivity contribution in [1.82, 2.24) is 0 Å². The summed E-state index contributed by atoms with van der Waals surface area (Å²) in [4.78, 5) is 2.92. The van der Waals surface area contributed by atoms with Gasteiger partial charge in [0.1, 0.15) is 0 Å². The Balaban J connectivity index is 2.55. The molecule has 1 aliphatic rings. The van der Waals surface area contributed by atoms with E-state index in [2.05, 4.69) is 13.8 Å². The number of fused-ring (bicyclic) bond motifs is 1. The molecule has 2 heteroatoms. The van der Waals surface area contributed by atoms with Crippen LogP contribution in [0.3, 0.4) is 0 Å². The van der Waals surface area contributed by atoms with Gasteiger partial charge in [0, 0.05) is 15.8 Å². The molecule has 1 atom stereocenters. The van der Waals surface area contributed by atoms with E-state index in [1.165, 1.54) is 34.6 Å². The summed E-state index contributed by atoms with van der Waals surface area (Å²) in [6.45, 7) is 4.41. The van der Waals surface area contributed by atoms with Gasteiger partial charge in [-0.1, -0.05) is 0 Å². The average Bonchev–Trinajstić information content (AvgIpc) is 2.29. The first-order valence-electron chi connectivity index (χ1n) is 4.54. The second-order valence-corrected chi connectivity index (χ2v) is 5.03. The van der Waals surface area contributed by atoms with Crippen LogP contribution in [0.4, 0.5) is 0 Å². The van der Waals surface area contributed by atoms with Crippen LogP contribution < -0.4 is 5.73 Å². The Hall–Kier alpha value is -0.340. The number of thiophene rings is 1. The molecule has 0 amide bonds. The van der Waals surface area contributed by atoms with Crippen LogP contribution in [-0.2, 0) is 6.42 Å². The Morgan fingerprint density at radius 3 is 2.75 bits per heavy atom. The van der Waals surface area contributed by atoms with E-state index in [0.717, 1.165) is 0 Å². The Kier molecular flexibility index (Phi) is 1.97. The van der Waals surface area contributed by atoms with Gasteiger partial charge in [-0.15, -0.1) is 11.3 Å². The fourth-order valence-electron chi connectivity index (χ4n) is 2.19. The Morgan fingerprint density at radius 1 is 1.33 bits per heavy atom. The van der Waals surface area contributed by atoms with Gasteiger partial charge in [-0.05, 0) is 44.2 Å². The summed E-state index contributed by atoms with van der Waals surface area (Å²) in [5, 5.41) is 0. The van der Waals surface area contributed by atoms with Crippen molar-refractivity contribution in [2.75, 3.05) is 0 Å². The zero-order chi connectivity index (χ0) is 8.72. The Morgan fingerprint density at radius 2 is 2.08 bits per heavy atom. The highest BCUT2D eigenvalue weighted by molar-refractivity contribution is 7.12. The molecule has 66 valence electrons. The summed E-state index contributed by atoms with van der Waals surface area (Å²) in [7, 11) is 0. The van der Waals surface area contributed by atoms with Crippen molar-refractivity contribution in [2.24, 2.45) is 5.73 Å². The number of rotatable bonds is 0. The molecule has 1 nitrogen and oxygen atoms in total. The van der Waals surface area contributed by atoms with E-state index in [4.69, 9.17) is 5.73 Å². The van der Waals surface area contributed by atoms with Crippen molar-refractivity contribution < 1.29 is 0 Å². The van der Waals surface area contributed by atoms with E-state index in [1.54, 1.807) is 5.56 Å². The van der Waals surface area contributed by atoms with Crippen LogP contribution in [0.25, 0.3) is 0 Å². The largest absolute Gasteiger partial charge is 0.324 e. The Bertz CT molecular complexity index is 301. The lowest BCUT2D eigenvalue weighted by Crippen LogP contribution is -2.16. The van der Waals surface area contributed by atoms with Crippen LogP contribution in [0.1, 0.15) is 39.8 Å². The van der Waals surface area contributed by atoms with Crippen molar-refractivity contribution in [3.63, 3.8) is 0 Å². The minimum Gasteiger partial charge on any atom is -0.324 e. The van der Waals surface area contributed by atoms with E-state index < -0.39 is 0 Å². The van der Waals surface area contributed by atoms with Crippen LogP contribution in [0.15, 0.2) is 0 Å². The normalized spacial score (nSPS) is 22.4. The lowest BCUT2D eigenvalue weighted by Gasteiger charge is -2.20. The molecule has 1 aromatic rings. The van der Waals surface area contributed by atoms with Gasteiger partial charge in [0.2, 0.25) is 0 Å². The summed E-state index contributed by atoms with van der Waals surface area (Å²) < 4.78 is 0. The van der Waals surface area contributed by atoms with Gasteiger partial charge in [-0.25, -0.2) is 0 Å². The highest BCUT2D eigenvalue weighted by atomic mass is 32.1. The lowest BCUT2D eigenvalue weighted by molar-refractivity contribution is 0.570. The first-order valence-corrected chi connectivity index (χ1v) is 5.36. The van der Waals surface area contributed by atoms with Crippen molar-refractivity contribution in [3.8, 4) is 0 Å². The summed E-state index contributed by atoms with van der Waals surface area (Å²) >= 11 is 1.91. The number of hydrogen-bond acceptors (Lipinski definition) is 2. The van der Waals surface area contributed by atoms with Crippen LogP contribution in [0.5, 0.6) is 0 Å². The molecule has 1 aromatic heterocycles. The maximum absolute atomic E-state index is 6.07. The van der Waals surface area contributed by atoms with Gasteiger partial charge in [-0.3, -0.25) is 0 Å². The lowest BCUT2D eigenvalue weighted by atomic mass is 9.89. The molecule has 0 aromatic carbocycles. The molecule has 0 saturated carbocycles. The molecule has 12 heavy (non-hydrogen) atoms. The molecular weight excluding hydrogens is 166 g/mol. The SMILES string of the molecule is Cc1sc(C)c2c1CCC[C@H]2N. The van der Waals surface area contributed by atoms with Gasteiger partial charge >= 0.3 is 0 Å². The summed E-state index contributed by atoms with van der Waals surface area (Å²) in [6, 6.07) is 0.318. The smallest absolute Gasteiger partial charge is 0.0308 e. The zero-order valence-corrected chi connectivity index (χ0v) is 8.50. The molecule has 1 heterocycles. The molecule has 1 aliphatic carbocycles. The fourth-order valence-corrected chi connectivity index (χ4v) is 3.37. The molecule has 2 N–H and O–H groups in total. The standard InChI is InChI=1S/C10H15NS/c1-6-8-4-3-5-9(11)10(8)7(2)12-6/h9H,3-5,11H2,1-2H3/t9-/m1/s1. The average molecular weight is 181 g/mol. The molecule has 2 rings (SSSR count).